The van der Waals surface area contributed by atoms with Crippen molar-refractivity contribution in [2.75, 3.05) is 0 Å². The molecule has 1 aromatic heterocycles. The third-order valence-electron chi connectivity index (χ3n) is 4.15. The predicted molar refractivity (Wildman–Crippen MR) is 93.4 cm³/mol. The highest BCUT2D eigenvalue weighted by molar-refractivity contribution is 7.16. The first-order chi connectivity index (χ1) is 12.0. The summed E-state index contributed by atoms with van der Waals surface area (Å²) in [5.74, 6) is -1.27. The van der Waals surface area contributed by atoms with E-state index in [9.17, 15) is 14.4 Å². The molecule has 25 heavy (non-hydrogen) atoms. The Labute approximate surface area is 148 Å². The number of nitrogens with zero attached hydrogens (tertiary/aromatic N) is 1. The summed E-state index contributed by atoms with van der Waals surface area (Å²) >= 11 is 1.42. The van der Waals surface area contributed by atoms with Crippen LogP contribution in [0.5, 0.6) is 0 Å². The lowest BCUT2D eigenvalue weighted by atomic mass is 10.2. The molecule has 1 aromatic carbocycles. The Hall–Kier alpha value is -2.48. The molecule has 8 heteroatoms. The second-order valence-electron chi connectivity index (χ2n) is 6.03. The Morgan fingerprint density at radius 1 is 1.28 bits per heavy atom. The number of hydrogen-bond donors (Lipinski definition) is 2. The molecule has 1 fully saturated rings. The summed E-state index contributed by atoms with van der Waals surface area (Å²) in [4.78, 5) is 40.1. The fourth-order valence-electron chi connectivity index (χ4n) is 2.77. The van der Waals surface area contributed by atoms with Gasteiger partial charge in [-0.3, -0.25) is 10.1 Å². The average molecular weight is 361 g/mol. The van der Waals surface area contributed by atoms with Gasteiger partial charge < -0.3 is 10.1 Å². The molecule has 132 valence electrons. The second-order valence-corrected chi connectivity index (χ2v) is 6.91. The van der Waals surface area contributed by atoms with E-state index in [2.05, 4.69) is 15.6 Å². The van der Waals surface area contributed by atoms with Crippen molar-refractivity contribution in [3.63, 3.8) is 0 Å². The van der Waals surface area contributed by atoms with Gasteiger partial charge in [-0.2, -0.15) is 0 Å². The van der Waals surface area contributed by atoms with Crippen LogP contribution in [0.15, 0.2) is 23.7 Å². The maximum absolute atomic E-state index is 12.2. The van der Waals surface area contributed by atoms with E-state index in [-0.39, 0.29) is 6.04 Å². The number of nitrogens with one attached hydrogen (secondary N) is 2. The summed E-state index contributed by atoms with van der Waals surface area (Å²) in [5.41, 5.74) is 2.83. The van der Waals surface area contributed by atoms with Gasteiger partial charge in [0.2, 0.25) is 0 Å². The van der Waals surface area contributed by atoms with Gasteiger partial charge in [0.1, 0.15) is 0 Å². The van der Waals surface area contributed by atoms with Gasteiger partial charge >= 0.3 is 12.0 Å². The number of imide groups is 1. The summed E-state index contributed by atoms with van der Waals surface area (Å²) in [7, 11) is 0. The van der Waals surface area contributed by atoms with Crippen LogP contribution in [0, 0.1) is 0 Å². The second kappa shape index (κ2) is 7.60. The smallest absolute Gasteiger partial charge is 0.338 e. The Bertz CT molecular complexity index is 798. The number of rotatable bonds is 4. The fourth-order valence-corrected chi connectivity index (χ4v) is 3.49. The summed E-state index contributed by atoms with van der Waals surface area (Å²) in [6, 6.07) is 4.55. The molecule has 0 spiro atoms. The van der Waals surface area contributed by atoms with E-state index >= 15 is 0 Å². The highest BCUT2D eigenvalue weighted by atomic mass is 32.1. The Balaban J connectivity index is 1.53. The normalized spacial score (nSPS) is 15.7. The molecule has 0 saturated heterocycles. The van der Waals surface area contributed by atoms with E-state index in [0.29, 0.717) is 5.56 Å². The van der Waals surface area contributed by atoms with Crippen LogP contribution in [0.3, 0.4) is 0 Å². The Morgan fingerprint density at radius 3 is 2.80 bits per heavy atom. The predicted octanol–water partition coefficient (Wildman–Crippen LogP) is 2.61. The molecule has 1 atom stereocenters. The zero-order valence-electron chi connectivity index (χ0n) is 13.8. The zero-order chi connectivity index (χ0) is 17.8. The van der Waals surface area contributed by atoms with Gasteiger partial charge in [-0.15, -0.1) is 11.3 Å². The molecule has 3 amide bonds. The van der Waals surface area contributed by atoms with Crippen LogP contribution in [-0.4, -0.2) is 35.0 Å². The third-order valence-corrected chi connectivity index (χ3v) is 4.94. The van der Waals surface area contributed by atoms with E-state index < -0.39 is 24.0 Å². The number of carbonyl (C=O) groups is 3. The quantitative estimate of drug-likeness (QED) is 0.816. The SMILES string of the molecule is CC(OC(=O)c1ccc2ncsc2c1)C(=O)NC(=O)NC1CCCC1. The molecule has 0 bridgehead atoms. The highest BCUT2D eigenvalue weighted by Crippen LogP contribution is 2.20. The number of benzene rings is 1. The number of amides is 3. The van der Waals surface area contributed by atoms with Gasteiger partial charge in [0.25, 0.3) is 5.91 Å². The van der Waals surface area contributed by atoms with Gasteiger partial charge in [-0.25, -0.2) is 14.6 Å². The molecule has 0 aliphatic heterocycles. The molecule has 1 saturated carbocycles. The summed E-state index contributed by atoms with van der Waals surface area (Å²) in [6.07, 6.45) is 2.94. The summed E-state index contributed by atoms with van der Waals surface area (Å²) < 4.78 is 6.01. The third kappa shape index (κ3) is 4.33. The number of thiazole rings is 1. The van der Waals surface area contributed by atoms with E-state index in [1.165, 1.54) is 18.3 Å². The van der Waals surface area contributed by atoms with E-state index in [0.717, 1.165) is 35.9 Å². The summed E-state index contributed by atoms with van der Waals surface area (Å²) in [5, 5.41) is 4.96. The molecule has 2 N–H and O–H groups in total. The van der Waals surface area contributed by atoms with Crippen LogP contribution < -0.4 is 10.6 Å². The van der Waals surface area contributed by atoms with Gasteiger partial charge in [-0.1, -0.05) is 12.8 Å². The van der Waals surface area contributed by atoms with Crippen molar-refractivity contribution in [1.29, 1.82) is 0 Å². The minimum atomic E-state index is -1.07. The zero-order valence-corrected chi connectivity index (χ0v) is 14.6. The molecule has 3 rings (SSSR count). The maximum Gasteiger partial charge on any atom is 0.338 e. The monoisotopic (exact) mass is 361 g/mol. The molecule has 1 aliphatic carbocycles. The lowest BCUT2D eigenvalue weighted by Crippen LogP contribution is -2.47. The lowest BCUT2D eigenvalue weighted by molar-refractivity contribution is -0.127. The number of fused-ring (bicyclic) bond motifs is 1. The van der Waals surface area contributed by atoms with Crippen LogP contribution in [0.25, 0.3) is 10.2 Å². The van der Waals surface area contributed by atoms with Crippen molar-refractivity contribution < 1.29 is 19.1 Å². The van der Waals surface area contributed by atoms with E-state index in [1.54, 1.807) is 23.7 Å². The molecule has 1 heterocycles. The first-order valence-corrected chi connectivity index (χ1v) is 9.06. The number of esters is 1. The highest BCUT2D eigenvalue weighted by Gasteiger charge is 2.23. The van der Waals surface area contributed by atoms with Crippen molar-refractivity contribution in [3.8, 4) is 0 Å². The topological polar surface area (TPSA) is 97.4 Å². The number of hydrogen-bond acceptors (Lipinski definition) is 6. The van der Waals surface area contributed by atoms with Crippen LogP contribution in [0.1, 0.15) is 43.0 Å². The molecule has 1 unspecified atom stereocenters. The first kappa shape index (κ1) is 17.3. The lowest BCUT2D eigenvalue weighted by Gasteiger charge is -2.15. The first-order valence-electron chi connectivity index (χ1n) is 8.18. The van der Waals surface area contributed by atoms with Crippen molar-refractivity contribution in [1.82, 2.24) is 15.6 Å². The van der Waals surface area contributed by atoms with Crippen molar-refractivity contribution >= 4 is 39.5 Å². The number of ether oxygens (including phenoxy) is 1. The standard InChI is InChI=1S/C17H19N3O4S/c1-10(15(21)20-17(23)19-12-4-2-3-5-12)24-16(22)11-6-7-13-14(8-11)25-9-18-13/h6-10,12H,2-5H2,1H3,(H2,19,20,21,23). The van der Waals surface area contributed by atoms with Crippen molar-refractivity contribution in [3.05, 3.63) is 29.3 Å². The molecular formula is C17H19N3O4S. The summed E-state index contributed by atoms with van der Waals surface area (Å²) in [6.45, 7) is 1.43. The molecule has 1 aliphatic rings. The van der Waals surface area contributed by atoms with Crippen molar-refractivity contribution in [2.45, 2.75) is 44.8 Å². The molecule has 0 radical (unpaired) electrons. The fraction of sp³-hybridized carbons (Fsp3) is 0.412. The van der Waals surface area contributed by atoms with E-state index in [4.69, 9.17) is 4.74 Å². The van der Waals surface area contributed by atoms with Gasteiger partial charge in [0.15, 0.2) is 6.10 Å². The Morgan fingerprint density at radius 2 is 2.04 bits per heavy atom. The maximum atomic E-state index is 12.2. The average Bonchev–Trinajstić information content (AvgIpc) is 3.24. The van der Waals surface area contributed by atoms with Gasteiger partial charge in [0, 0.05) is 6.04 Å². The van der Waals surface area contributed by atoms with Crippen LogP contribution in [-0.2, 0) is 9.53 Å². The largest absolute Gasteiger partial charge is 0.449 e. The number of urea groups is 1. The minimum absolute atomic E-state index is 0.108. The van der Waals surface area contributed by atoms with E-state index in [1.807, 2.05) is 0 Å². The molecule has 2 aromatic rings. The minimum Gasteiger partial charge on any atom is -0.449 e. The van der Waals surface area contributed by atoms with Crippen LogP contribution in [0.2, 0.25) is 0 Å². The number of aromatic nitrogens is 1. The Kier molecular flexibility index (Phi) is 5.28. The van der Waals surface area contributed by atoms with Crippen LogP contribution in [0.4, 0.5) is 4.79 Å². The molecule has 7 nitrogen and oxygen atoms in total. The number of carbonyl (C=O) groups excluding carboxylic acids is 3. The van der Waals surface area contributed by atoms with Crippen molar-refractivity contribution in [2.24, 2.45) is 0 Å². The van der Waals surface area contributed by atoms with Gasteiger partial charge in [-0.05, 0) is 38.0 Å². The van der Waals surface area contributed by atoms with Gasteiger partial charge in [0.05, 0.1) is 21.3 Å². The van der Waals surface area contributed by atoms with Crippen LogP contribution >= 0.6 is 11.3 Å². The molecular weight excluding hydrogens is 342 g/mol.